The van der Waals surface area contributed by atoms with Gasteiger partial charge in [-0.05, 0) is 16.7 Å². The molecule has 0 bridgehead atoms. The number of hydrogen-bond acceptors (Lipinski definition) is 4. The van der Waals surface area contributed by atoms with Crippen molar-refractivity contribution in [3.8, 4) is 11.1 Å². The van der Waals surface area contributed by atoms with E-state index in [1.54, 1.807) is 0 Å². The molecule has 0 fully saturated rings. The van der Waals surface area contributed by atoms with Crippen molar-refractivity contribution in [2.24, 2.45) is 5.73 Å². The standard InChI is InChI=1S/C16H17N5/c1-11(16-18-20-21-19-16)15(17)14-10-6-5-9-13(14)12-7-3-2-4-8-12/h2-11,15H,17H2,1H3,(H,18,19,20,21). The number of aromatic amines is 1. The van der Waals surface area contributed by atoms with Gasteiger partial charge in [0, 0.05) is 12.0 Å². The minimum absolute atomic E-state index is 0.0198. The first-order chi connectivity index (χ1) is 10.3. The van der Waals surface area contributed by atoms with Crippen LogP contribution in [0.25, 0.3) is 11.1 Å². The molecule has 0 saturated heterocycles. The first-order valence-electron chi connectivity index (χ1n) is 6.90. The van der Waals surface area contributed by atoms with Gasteiger partial charge < -0.3 is 5.73 Å². The van der Waals surface area contributed by atoms with E-state index in [1.807, 2.05) is 37.3 Å². The summed E-state index contributed by atoms with van der Waals surface area (Å²) in [5, 5.41) is 14.2. The summed E-state index contributed by atoms with van der Waals surface area (Å²) in [6.45, 7) is 2.01. The highest BCUT2D eigenvalue weighted by molar-refractivity contribution is 5.68. The van der Waals surface area contributed by atoms with Gasteiger partial charge in [0.1, 0.15) is 0 Å². The van der Waals surface area contributed by atoms with Gasteiger partial charge in [-0.1, -0.05) is 66.7 Å². The third kappa shape index (κ3) is 2.68. The van der Waals surface area contributed by atoms with E-state index in [-0.39, 0.29) is 12.0 Å². The Labute approximate surface area is 123 Å². The van der Waals surface area contributed by atoms with Gasteiger partial charge >= 0.3 is 0 Å². The lowest BCUT2D eigenvalue weighted by molar-refractivity contribution is 0.569. The highest BCUT2D eigenvalue weighted by Gasteiger charge is 2.22. The Balaban J connectivity index is 1.99. The summed E-state index contributed by atoms with van der Waals surface area (Å²) in [6, 6.07) is 18.2. The number of aromatic nitrogens is 4. The maximum atomic E-state index is 6.45. The molecule has 0 aliphatic carbocycles. The van der Waals surface area contributed by atoms with Crippen LogP contribution in [-0.4, -0.2) is 20.6 Å². The summed E-state index contributed by atoms with van der Waals surface area (Å²) in [5.41, 5.74) is 9.83. The number of rotatable bonds is 4. The Hall–Kier alpha value is -2.53. The molecule has 106 valence electrons. The number of tetrazole rings is 1. The fourth-order valence-corrected chi connectivity index (χ4v) is 2.46. The van der Waals surface area contributed by atoms with Crippen LogP contribution in [0.1, 0.15) is 30.3 Å². The predicted octanol–water partition coefficient (Wildman–Crippen LogP) is 2.67. The zero-order valence-electron chi connectivity index (χ0n) is 11.8. The van der Waals surface area contributed by atoms with Gasteiger partial charge in [-0.15, -0.1) is 10.2 Å². The molecule has 1 aromatic heterocycles. The molecule has 3 N–H and O–H groups in total. The molecule has 0 aliphatic heterocycles. The molecule has 0 saturated carbocycles. The van der Waals surface area contributed by atoms with Gasteiger partial charge in [-0.2, -0.15) is 5.21 Å². The molecular formula is C16H17N5. The first kappa shape index (κ1) is 13.5. The third-order valence-electron chi connectivity index (χ3n) is 3.71. The molecule has 21 heavy (non-hydrogen) atoms. The molecule has 2 unspecified atom stereocenters. The van der Waals surface area contributed by atoms with Crippen LogP contribution in [0.2, 0.25) is 0 Å². The summed E-state index contributed by atoms with van der Waals surface area (Å²) >= 11 is 0. The maximum Gasteiger partial charge on any atom is 0.179 e. The number of nitrogens with two attached hydrogens (primary N) is 1. The summed E-state index contributed by atoms with van der Waals surface area (Å²) < 4.78 is 0. The Morgan fingerprint density at radius 1 is 1.00 bits per heavy atom. The van der Waals surface area contributed by atoms with E-state index in [0.717, 1.165) is 16.7 Å². The average molecular weight is 279 g/mol. The molecule has 5 heteroatoms. The van der Waals surface area contributed by atoms with Crippen molar-refractivity contribution in [3.63, 3.8) is 0 Å². The second-order valence-corrected chi connectivity index (χ2v) is 5.04. The zero-order chi connectivity index (χ0) is 14.7. The quantitative estimate of drug-likeness (QED) is 0.769. The minimum Gasteiger partial charge on any atom is -0.323 e. The van der Waals surface area contributed by atoms with Crippen LogP contribution < -0.4 is 5.73 Å². The van der Waals surface area contributed by atoms with Crippen molar-refractivity contribution < 1.29 is 0 Å². The van der Waals surface area contributed by atoms with E-state index in [1.165, 1.54) is 0 Å². The number of H-pyrrole nitrogens is 1. The van der Waals surface area contributed by atoms with Crippen molar-refractivity contribution in [2.75, 3.05) is 0 Å². The van der Waals surface area contributed by atoms with Crippen LogP contribution in [0.15, 0.2) is 54.6 Å². The van der Waals surface area contributed by atoms with Gasteiger partial charge in [0.25, 0.3) is 0 Å². The topological polar surface area (TPSA) is 80.5 Å². The number of hydrogen-bond donors (Lipinski definition) is 2. The monoisotopic (exact) mass is 279 g/mol. The normalized spacial score (nSPS) is 13.8. The number of nitrogens with one attached hydrogen (secondary N) is 1. The molecular weight excluding hydrogens is 262 g/mol. The Kier molecular flexibility index (Phi) is 3.75. The molecule has 2 atom stereocenters. The van der Waals surface area contributed by atoms with Gasteiger partial charge in [0.15, 0.2) is 5.82 Å². The van der Waals surface area contributed by atoms with Gasteiger partial charge in [0.2, 0.25) is 0 Å². The van der Waals surface area contributed by atoms with Crippen molar-refractivity contribution >= 4 is 0 Å². The fourth-order valence-electron chi connectivity index (χ4n) is 2.46. The molecule has 3 rings (SSSR count). The van der Waals surface area contributed by atoms with E-state index in [9.17, 15) is 0 Å². The second-order valence-electron chi connectivity index (χ2n) is 5.04. The summed E-state index contributed by atoms with van der Waals surface area (Å²) in [6.07, 6.45) is 0. The zero-order valence-corrected chi connectivity index (χ0v) is 11.8. The maximum absolute atomic E-state index is 6.45. The SMILES string of the molecule is CC(c1nn[nH]n1)C(N)c1ccccc1-c1ccccc1. The third-order valence-corrected chi connectivity index (χ3v) is 3.71. The minimum atomic E-state index is -0.195. The molecule has 5 nitrogen and oxygen atoms in total. The van der Waals surface area contributed by atoms with Crippen LogP contribution in [0.4, 0.5) is 0 Å². The van der Waals surface area contributed by atoms with E-state index in [2.05, 4.69) is 44.9 Å². The smallest absolute Gasteiger partial charge is 0.179 e. The molecule has 0 radical (unpaired) electrons. The summed E-state index contributed by atoms with van der Waals surface area (Å²) in [5.74, 6) is 0.610. The lowest BCUT2D eigenvalue weighted by atomic mass is 9.89. The van der Waals surface area contributed by atoms with Crippen molar-refractivity contribution in [2.45, 2.75) is 18.9 Å². The second kappa shape index (κ2) is 5.85. The molecule has 0 aliphatic rings. The van der Waals surface area contributed by atoms with Gasteiger partial charge in [-0.3, -0.25) is 0 Å². The molecule has 3 aromatic rings. The van der Waals surface area contributed by atoms with Crippen LogP contribution in [0.5, 0.6) is 0 Å². The van der Waals surface area contributed by atoms with Gasteiger partial charge in [-0.25, -0.2) is 0 Å². The van der Waals surface area contributed by atoms with Crippen LogP contribution in [-0.2, 0) is 0 Å². The molecule has 0 amide bonds. The van der Waals surface area contributed by atoms with E-state index in [4.69, 9.17) is 5.73 Å². The average Bonchev–Trinajstić information content (AvgIpc) is 3.09. The number of benzene rings is 2. The highest BCUT2D eigenvalue weighted by Crippen LogP contribution is 2.33. The lowest BCUT2D eigenvalue weighted by Gasteiger charge is -2.20. The largest absolute Gasteiger partial charge is 0.323 e. The lowest BCUT2D eigenvalue weighted by Crippen LogP contribution is -2.19. The van der Waals surface area contributed by atoms with E-state index >= 15 is 0 Å². The van der Waals surface area contributed by atoms with Crippen molar-refractivity contribution in [3.05, 3.63) is 66.0 Å². The highest BCUT2D eigenvalue weighted by atomic mass is 15.5. The van der Waals surface area contributed by atoms with Crippen molar-refractivity contribution in [1.29, 1.82) is 0 Å². The summed E-state index contributed by atoms with van der Waals surface area (Å²) in [7, 11) is 0. The fraction of sp³-hybridized carbons (Fsp3) is 0.188. The molecule has 2 aromatic carbocycles. The molecule has 1 heterocycles. The Morgan fingerprint density at radius 2 is 1.71 bits per heavy atom. The van der Waals surface area contributed by atoms with Crippen LogP contribution in [0, 0.1) is 0 Å². The predicted molar refractivity (Wildman–Crippen MR) is 81.4 cm³/mol. The Bertz CT molecular complexity index is 694. The number of nitrogens with zero attached hydrogens (tertiary/aromatic N) is 3. The first-order valence-corrected chi connectivity index (χ1v) is 6.90. The van der Waals surface area contributed by atoms with Crippen LogP contribution in [0.3, 0.4) is 0 Å². The Morgan fingerprint density at radius 3 is 2.43 bits per heavy atom. The van der Waals surface area contributed by atoms with Gasteiger partial charge in [0.05, 0.1) is 0 Å². The van der Waals surface area contributed by atoms with Crippen molar-refractivity contribution in [1.82, 2.24) is 20.6 Å². The molecule has 0 spiro atoms. The van der Waals surface area contributed by atoms with Crippen LogP contribution >= 0.6 is 0 Å². The van der Waals surface area contributed by atoms with E-state index < -0.39 is 0 Å². The van der Waals surface area contributed by atoms with E-state index in [0.29, 0.717) is 5.82 Å². The summed E-state index contributed by atoms with van der Waals surface area (Å²) in [4.78, 5) is 0.